The number of rotatable bonds is 4. The molecule has 0 bridgehead atoms. The molecule has 6 heteroatoms. The fourth-order valence-corrected chi connectivity index (χ4v) is 4.17. The van der Waals surface area contributed by atoms with Gasteiger partial charge >= 0.3 is 0 Å². The van der Waals surface area contributed by atoms with Crippen molar-refractivity contribution in [1.29, 1.82) is 0 Å². The molecule has 2 aromatic heterocycles. The van der Waals surface area contributed by atoms with Crippen LogP contribution in [0, 0.1) is 13.8 Å². The molecule has 1 aliphatic heterocycles. The Kier molecular flexibility index (Phi) is 4.49. The van der Waals surface area contributed by atoms with E-state index in [2.05, 4.69) is 16.1 Å². The Morgan fingerprint density at radius 1 is 1.41 bits per heavy atom. The maximum Gasteiger partial charge on any atom is 0.216 e. The summed E-state index contributed by atoms with van der Waals surface area (Å²) in [6.45, 7) is 5.93. The van der Waals surface area contributed by atoms with Crippen LogP contribution in [0.3, 0.4) is 0 Å². The average Bonchev–Trinajstić information content (AvgIpc) is 3.04. The number of aryl methyl sites for hydroxylation is 3. The molecule has 3 rings (SSSR count). The van der Waals surface area contributed by atoms with E-state index in [1.165, 1.54) is 5.56 Å². The lowest BCUT2D eigenvalue weighted by molar-refractivity contribution is 0.184. The Balaban J connectivity index is 1.86. The van der Waals surface area contributed by atoms with Crippen LogP contribution in [-0.2, 0) is 13.6 Å². The van der Waals surface area contributed by atoms with Gasteiger partial charge in [0.25, 0.3) is 0 Å². The van der Waals surface area contributed by atoms with E-state index >= 15 is 0 Å². The summed E-state index contributed by atoms with van der Waals surface area (Å²) in [5, 5.41) is 4.49. The predicted octanol–water partition coefficient (Wildman–Crippen LogP) is 2.93. The molecule has 0 saturated carbocycles. The molecule has 0 spiro atoms. The molecular weight excluding hydrogens is 298 g/mol. The van der Waals surface area contributed by atoms with E-state index in [1.54, 1.807) is 7.11 Å². The van der Waals surface area contributed by atoms with E-state index in [9.17, 15) is 0 Å². The Hall–Kier alpha value is -1.40. The molecule has 5 nitrogen and oxygen atoms in total. The number of aromatic nitrogens is 2. The maximum absolute atomic E-state index is 5.88. The van der Waals surface area contributed by atoms with Crippen LogP contribution < -0.4 is 4.74 Å². The van der Waals surface area contributed by atoms with E-state index in [0.29, 0.717) is 6.04 Å². The first-order valence-corrected chi connectivity index (χ1v) is 8.70. The Morgan fingerprint density at radius 2 is 2.23 bits per heavy atom. The number of furan rings is 1. The van der Waals surface area contributed by atoms with E-state index in [4.69, 9.17) is 9.15 Å². The van der Waals surface area contributed by atoms with Crippen LogP contribution in [0.5, 0.6) is 5.88 Å². The van der Waals surface area contributed by atoms with Gasteiger partial charge in [-0.25, -0.2) is 4.68 Å². The second-order valence-electron chi connectivity index (χ2n) is 5.71. The van der Waals surface area contributed by atoms with Gasteiger partial charge in [-0.05, 0) is 26.0 Å². The maximum atomic E-state index is 5.88. The van der Waals surface area contributed by atoms with Gasteiger partial charge < -0.3 is 9.15 Å². The second-order valence-corrected chi connectivity index (χ2v) is 6.86. The van der Waals surface area contributed by atoms with Gasteiger partial charge in [-0.3, -0.25) is 4.90 Å². The standard InChI is InChI=1S/C16H23N3O2S/c1-11-5-6-15(21-11)14-10-22-8-7-19(14)9-13-12(2)17-18(3)16(13)20-4/h5-6,14H,7-10H2,1-4H3. The predicted molar refractivity (Wildman–Crippen MR) is 88.4 cm³/mol. The summed E-state index contributed by atoms with van der Waals surface area (Å²) < 4.78 is 13.2. The highest BCUT2D eigenvalue weighted by molar-refractivity contribution is 7.99. The molecule has 0 aromatic carbocycles. The monoisotopic (exact) mass is 321 g/mol. The third kappa shape index (κ3) is 2.90. The summed E-state index contributed by atoms with van der Waals surface area (Å²) in [4.78, 5) is 2.47. The van der Waals surface area contributed by atoms with Crippen LogP contribution in [0.4, 0.5) is 0 Å². The molecule has 0 amide bonds. The summed E-state index contributed by atoms with van der Waals surface area (Å²) in [5.74, 6) is 5.10. The lowest BCUT2D eigenvalue weighted by atomic mass is 10.1. The molecule has 22 heavy (non-hydrogen) atoms. The zero-order valence-electron chi connectivity index (χ0n) is 13.6. The quantitative estimate of drug-likeness (QED) is 0.866. The van der Waals surface area contributed by atoms with Crippen LogP contribution in [-0.4, -0.2) is 39.8 Å². The first kappa shape index (κ1) is 15.5. The molecule has 1 fully saturated rings. The molecule has 1 unspecified atom stereocenters. The molecule has 1 aliphatic rings. The largest absolute Gasteiger partial charge is 0.481 e. The molecule has 1 atom stereocenters. The second kappa shape index (κ2) is 6.38. The first-order valence-electron chi connectivity index (χ1n) is 7.54. The molecule has 3 heterocycles. The molecule has 2 aromatic rings. The van der Waals surface area contributed by atoms with Gasteiger partial charge in [0.15, 0.2) is 0 Å². The Bertz CT molecular complexity index is 650. The summed E-state index contributed by atoms with van der Waals surface area (Å²) in [7, 11) is 3.63. The summed E-state index contributed by atoms with van der Waals surface area (Å²) >= 11 is 1.99. The number of ether oxygens (including phenoxy) is 1. The smallest absolute Gasteiger partial charge is 0.216 e. The van der Waals surface area contributed by atoms with Crippen molar-refractivity contribution in [3.8, 4) is 5.88 Å². The first-order chi connectivity index (χ1) is 10.6. The van der Waals surface area contributed by atoms with Gasteiger partial charge in [-0.2, -0.15) is 16.9 Å². The van der Waals surface area contributed by atoms with E-state index in [0.717, 1.165) is 47.7 Å². The van der Waals surface area contributed by atoms with Crippen molar-refractivity contribution in [1.82, 2.24) is 14.7 Å². The lowest BCUT2D eigenvalue weighted by Crippen LogP contribution is -2.35. The van der Waals surface area contributed by atoms with E-state index in [1.807, 2.05) is 43.4 Å². The number of hydrogen-bond donors (Lipinski definition) is 0. The normalized spacial score (nSPS) is 19.5. The number of nitrogens with zero attached hydrogens (tertiary/aromatic N) is 3. The molecule has 120 valence electrons. The highest BCUT2D eigenvalue weighted by atomic mass is 32.2. The van der Waals surface area contributed by atoms with Crippen LogP contribution in [0.1, 0.15) is 28.8 Å². The van der Waals surface area contributed by atoms with Gasteiger partial charge in [-0.15, -0.1) is 0 Å². The number of hydrogen-bond acceptors (Lipinski definition) is 5. The Morgan fingerprint density at radius 3 is 2.91 bits per heavy atom. The highest BCUT2D eigenvalue weighted by Crippen LogP contribution is 2.33. The van der Waals surface area contributed by atoms with E-state index < -0.39 is 0 Å². The van der Waals surface area contributed by atoms with Gasteiger partial charge in [0.1, 0.15) is 11.5 Å². The SMILES string of the molecule is COc1c(CN2CCSCC2c2ccc(C)o2)c(C)nn1C. The fourth-order valence-electron chi connectivity index (χ4n) is 3.04. The molecule has 1 saturated heterocycles. The van der Waals surface area contributed by atoms with Gasteiger partial charge in [0.2, 0.25) is 5.88 Å². The van der Waals surface area contributed by atoms with Crippen molar-refractivity contribution in [2.24, 2.45) is 7.05 Å². The van der Waals surface area contributed by atoms with Crippen molar-refractivity contribution in [2.45, 2.75) is 26.4 Å². The van der Waals surface area contributed by atoms with Crippen LogP contribution >= 0.6 is 11.8 Å². The summed E-state index contributed by atoms with van der Waals surface area (Å²) in [6.07, 6.45) is 0. The van der Waals surface area contributed by atoms with Gasteiger partial charge in [0, 0.05) is 31.6 Å². The van der Waals surface area contributed by atoms with Crippen LogP contribution in [0.25, 0.3) is 0 Å². The number of methoxy groups -OCH3 is 1. The lowest BCUT2D eigenvalue weighted by Gasteiger charge is -2.34. The third-order valence-corrected chi connectivity index (χ3v) is 5.19. The van der Waals surface area contributed by atoms with Crippen molar-refractivity contribution in [2.75, 3.05) is 25.2 Å². The molecule has 0 radical (unpaired) electrons. The highest BCUT2D eigenvalue weighted by Gasteiger charge is 2.29. The minimum absolute atomic E-state index is 0.316. The topological polar surface area (TPSA) is 43.4 Å². The zero-order valence-corrected chi connectivity index (χ0v) is 14.4. The molecule has 0 aliphatic carbocycles. The van der Waals surface area contributed by atoms with Gasteiger partial charge in [-0.1, -0.05) is 0 Å². The Labute approximate surface area is 135 Å². The fraction of sp³-hybridized carbons (Fsp3) is 0.562. The van der Waals surface area contributed by atoms with Crippen molar-refractivity contribution >= 4 is 11.8 Å². The minimum Gasteiger partial charge on any atom is -0.481 e. The van der Waals surface area contributed by atoms with Crippen LogP contribution in [0.15, 0.2) is 16.5 Å². The molecular formula is C16H23N3O2S. The molecule has 0 N–H and O–H groups in total. The zero-order chi connectivity index (χ0) is 15.7. The van der Waals surface area contributed by atoms with E-state index in [-0.39, 0.29) is 0 Å². The van der Waals surface area contributed by atoms with Gasteiger partial charge in [0.05, 0.1) is 24.4 Å². The van der Waals surface area contributed by atoms with Crippen molar-refractivity contribution in [3.63, 3.8) is 0 Å². The average molecular weight is 321 g/mol. The summed E-state index contributed by atoms with van der Waals surface area (Å²) in [5.41, 5.74) is 2.21. The van der Waals surface area contributed by atoms with Crippen molar-refractivity contribution < 1.29 is 9.15 Å². The summed E-state index contributed by atoms with van der Waals surface area (Å²) in [6, 6.07) is 4.46. The number of thioether (sulfide) groups is 1. The third-order valence-electron chi connectivity index (χ3n) is 4.17. The minimum atomic E-state index is 0.316. The van der Waals surface area contributed by atoms with Crippen LogP contribution in [0.2, 0.25) is 0 Å². The van der Waals surface area contributed by atoms with Crippen molar-refractivity contribution in [3.05, 3.63) is 34.9 Å².